The van der Waals surface area contributed by atoms with Crippen LogP contribution >= 0.6 is 0 Å². The highest BCUT2D eigenvalue weighted by Gasteiger charge is 2.37. The quantitative estimate of drug-likeness (QED) is 0.534. The Kier molecular flexibility index (Phi) is 4.89. The maximum absolute atomic E-state index is 13.2. The highest BCUT2D eigenvalue weighted by atomic mass is 19.1. The minimum atomic E-state index is -0.832. The lowest BCUT2D eigenvalue weighted by molar-refractivity contribution is -0.122. The van der Waals surface area contributed by atoms with E-state index in [1.165, 1.54) is 25.3 Å². The number of hydrogen-bond donors (Lipinski definition) is 1. The highest BCUT2D eigenvalue weighted by Crippen LogP contribution is 2.25. The molecule has 1 N–H and O–H groups in total. The minimum absolute atomic E-state index is 0.201. The van der Waals surface area contributed by atoms with Gasteiger partial charge in [0.05, 0.1) is 12.8 Å². The predicted molar refractivity (Wildman–Crippen MR) is 108 cm³/mol. The number of amides is 4. The Bertz CT molecular complexity index is 1160. The summed E-state index contributed by atoms with van der Waals surface area (Å²) in [4.78, 5) is 38.6. The number of aromatic nitrogens is 1. The molecule has 1 fully saturated rings. The van der Waals surface area contributed by atoms with Gasteiger partial charge in [0.25, 0.3) is 11.8 Å². The number of benzene rings is 2. The van der Waals surface area contributed by atoms with Crippen LogP contribution < -0.4 is 15.0 Å². The van der Waals surface area contributed by atoms with Gasteiger partial charge in [0.1, 0.15) is 17.1 Å². The Hall–Kier alpha value is -4.20. The van der Waals surface area contributed by atoms with Crippen molar-refractivity contribution in [2.45, 2.75) is 0 Å². The van der Waals surface area contributed by atoms with Crippen LogP contribution in [0.5, 0.6) is 5.75 Å². The fraction of sp³-hybridized carbons (Fsp3) is 0.0455. The zero-order valence-electron chi connectivity index (χ0n) is 15.8. The van der Waals surface area contributed by atoms with E-state index in [2.05, 4.69) is 5.32 Å². The second-order valence-electron chi connectivity index (χ2n) is 6.44. The molecule has 30 heavy (non-hydrogen) atoms. The molecule has 0 saturated carbocycles. The number of nitrogens with one attached hydrogen (secondary N) is 1. The van der Waals surface area contributed by atoms with Gasteiger partial charge in [-0.1, -0.05) is 0 Å². The van der Waals surface area contributed by atoms with Crippen molar-refractivity contribution in [3.05, 3.63) is 83.9 Å². The van der Waals surface area contributed by atoms with Gasteiger partial charge in [-0.05, 0) is 66.7 Å². The van der Waals surface area contributed by atoms with E-state index in [9.17, 15) is 18.8 Å². The maximum atomic E-state index is 13.2. The second kappa shape index (κ2) is 7.67. The number of hydrogen-bond acceptors (Lipinski definition) is 4. The molecule has 0 radical (unpaired) electrons. The van der Waals surface area contributed by atoms with Crippen LogP contribution in [0, 0.1) is 5.82 Å². The van der Waals surface area contributed by atoms with Gasteiger partial charge in [0, 0.05) is 17.6 Å². The Morgan fingerprint density at radius 2 is 1.60 bits per heavy atom. The van der Waals surface area contributed by atoms with Crippen molar-refractivity contribution in [1.82, 2.24) is 9.88 Å². The molecule has 0 unspecified atom stereocenters. The molecular formula is C22H16FN3O4. The van der Waals surface area contributed by atoms with Gasteiger partial charge in [-0.15, -0.1) is 0 Å². The summed E-state index contributed by atoms with van der Waals surface area (Å²) in [6.45, 7) is 0. The molecule has 2 aromatic carbocycles. The van der Waals surface area contributed by atoms with Gasteiger partial charge < -0.3 is 9.30 Å². The fourth-order valence-corrected chi connectivity index (χ4v) is 3.12. The molecule has 4 amide bonds. The van der Waals surface area contributed by atoms with Crippen molar-refractivity contribution >= 4 is 29.6 Å². The number of nitrogens with zero attached hydrogens (tertiary/aromatic N) is 2. The van der Waals surface area contributed by atoms with Gasteiger partial charge in [-0.25, -0.2) is 14.1 Å². The average molecular weight is 405 g/mol. The molecule has 1 aliphatic rings. The normalized spacial score (nSPS) is 15.5. The molecule has 4 rings (SSSR count). The van der Waals surface area contributed by atoms with E-state index in [4.69, 9.17) is 4.74 Å². The van der Waals surface area contributed by atoms with Crippen molar-refractivity contribution in [3.8, 4) is 11.4 Å². The van der Waals surface area contributed by atoms with Crippen LogP contribution in [0.15, 0.2) is 72.4 Å². The van der Waals surface area contributed by atoms with Gasteiger partial charge in [0.15, 0.2) is 0 Å². The second-order valence-corrected chi connectivity index (χ2v) is 6.44. The van der Waals surface area contributed by atoms with Crippen molar-refractivity contribution in [3.63, 3.8) is 0 Å². The van der Waals surface area contributed by atoms with Crippen LogP contribution in [-0.4, -0.2) is 29.5 Å². The monoisotopic (exact) mass is 405 g/mol. The predicted octanol–water partition coefficient (Wildman–Crippen LogP) is 3.29. The number of methoxy groups -OCH3 is 1. The number of rotatable bonds is 4. The van der Waals surface area contributed by atoms with E-state index in [-0.39, 0.29) is 11.4 Å². The molecule has 1 aromatic heterocycles. The van der Waals surface area contributed by atoms with E-state index in [0.29, 0.717) is 22.8 Å². The zero-order valence-corrected chi connectivity index (χ0v) is 15.8. The first-order valence-electron chi connectivity index (χ1n) is 8.97. The highest BCUT2D eigenvalue weighted by molar-refractivity contribution is 6.39. The van der Waals surface area contributed by atoms with Crippen LogP contribution in [-0.2, 0) is 9.59 Å². The van der Waals surface area contributed by atoms with Crippen LogP contribution in [0.4, 0.5) is 14.9 Å². The van der Waals surface area contributed by atoms with E-state index in [0.717, 1.165) is 4.90 Å². The van der Waals surface area contributed by atoms with Crippen molar-refractivity contribution in [2.75, 3.05) is 12.0 Å². The molecule has 1 saturated heterocycles. The lowest BCUT2D eigenvalue weighted by Gasteiger charge is -2.26. The van der Waals surface area contributed by atoms with Crippen molar-refractivity contribution < 1.29 is 23.5 Å². The minimum Gasteiger partial charge on any atom is -0.497 e. The van der Waals surface area contributed by atoms with Gasteiger partial charge in [0.2, 0.25) is 0 Å². The Morgan fingerprint density at radius 1 is 0.933 bits per heavy atom. The summed E-state index contributed by atoms with van der Waals surface area (Å²) in [5.74, 6) is -1.35. The van der Waals surface area contributed by atoms with Gasteiger partial charge in [-0.3, -0.25) is 14.9 Å². The SMILES string of the molecule is COc1ccc(N2C(=O)NC(=O)C(=Cc3cccn3-c3ccc(F)cc3)C2=O)cc1. The lowest BCUT2D eigenvalue weighted by Crippen LogP contribution is -2.54. The summed E-state index contributed by atoms with van der Waals surface area (Å²) in [5.41, 5.74) is 1.27. The molecule has 3 aromatic rings. The molecule has 7 nitrogen and oxygen atoms in total. The number of barbiturate groups is 1. The first-order chi connectivity index (χ1) is 14.5. The zero-order chi connectivity index (χ0) is 21.3. The van der Waals surface area contributed by atoms with Crippen LogP contribution in [0.3, 0.4) is 0 Å². The Balaban J connectivity index is 1.71. The van der Waals surface area contributed by atoms with Gasteiger partial charge in [-0.2, -0.15) is 0 Å². The van der Waals surface area contributed by atoms with E-state index >= 15 is 0 Å². The number of carbonyl (C=O) groups excluding carboxylic acids is 3. The number of halogens is 1. The standard InChI is InChI=1S/C22H16FN3O4/c1-30-18-10-8-16(9-11-18)26-21(28)19(20(27)24-22(26)29)13-17-3-2-12-25(17)15-6-4-14(23)5-7-15/h2-13H,1H3,(H,24,27,29). The van der Waals surface area contributed by atoms with Crippen molar-refractivity contribution in [2.24, 2.45) is 0 Å². The fourth-order valence-electron chi connectivity index (χ4n) is 3.12. The molecule has 0 atom stereocenters. The topological polar surface area (TPSA) is 80.6 Å². The van der Waals surface area contributed by atoms with E-state index < -0.39 is 17.8 Å². The van der Waals surface area contributed by atoms with Gasteiger partial charge >= 0.3 is 6.03 Å². The van der Waals surface area contributed by atoms with Crippen LogP contribution in [0.2, 0.25) is 0 Å². The Labute approximate surface area is 171 Å². The number of carbonyl (C=O) groups is 3. The average Bonchev–Trinajstić information content (AvgIpc) is 3.20. The summed E-state index contributed by atoms with van der Waals surface area (Å²) in [6, 6.07) is 14.7. The van der Waals surface area contributed by atoms with Crippen LogP contribution in [0.1, 0.15) is 5.69 Å². The molecule has 1 aliphatic heterocycles. The van der Waals surface area contributed by atoms with Crippen LogP contribution in [0.25, 0.3) is 11.8 Å². The van der Waals surface area contributed by atoms with E-state index in [1.807, 2.05) is 0 Å². The summed E-state index contributed by atoms with van der Waals surface area (Å²) in [7, 11) is 1.50. The molecule has 0 aliphatic carbocycles. The van der Waals surface area contributed by atoms with E-state index in [1.54, 1.807) is 59.3 Å². The molecule has 150 valence electrons. The maximum Gasteiger partial charge on any atom is 0.335 e. The third kappa shape index (κ3) is 3.46. The molecular weight excluding hydrogens is 389 g/mol. The van der Waals surface area contributed by atoms with Crippen molar-refractivity contribution in [1.29, 1.82) is 0 Å². The third-order valence-electron chi connectivity index (χ3n) is 4.61. The number of imide groups is 2. The molecule has 8 heteroatoms. The first-order valence-corrected chi connectivity index (χ1v) is 8.97. The Morgan fingerprint density at radius 3 is 2.27 bits per heavy atom. The summed E-state index contributed by atoms with van der Waals surface area (Å²) in [5, 5.41) is 2.18. The largest absolute Gasteiger partial charge is 0.497 e. The summed E-state index contributed by atoms with van der Waals surface area (Å²) in [6.07, 6.45) is 3.11. The lowest BCUT2D eigenvalue weighted by atomic mass is 10.1. The number of ether oxygens (including phenoxy) is 1. The number of urea groups is 1. The number of anilines is 1. The smallest absolute Gasteiger partial charge is 0.335 e. The molecule has 2 heterocycles. The third-order valence-corrected chi connectivity index (χ3v) is 4.61. The molecule has 0 bridgehead atoms. The molecule has 0 spiro atoms. The summed E-state index contributed by atoms with van der Waals surface area (Å²) < 4.78 is 20.0. The first kappa shape index (κ1) is 19.1. The summed E-state index contributed by atoms with van der Waals surface area (Å²) >= 11 is 0.